The molecule has 0 amide bonds. The molecule has 1 N–H and O–H groups in total. The van der Waals surface area contributed by atoms with Crippen molar-refractivity contribution in [2.45, 2.75) is 19.9 Å². The Morgan fingerprint density at radius 2 is 2.21 bits per heavy atom. The average Bonchev–Trinajstić information content (AvgIpc) is 2.77. The van der Waals surface area contributed by atoms with Crippen LogP contribution in [0.4, 0.5) is 0 Å². The maximum Gasteiger partial charge on any atom is 0.325 e. The molecule has 0 spiro atoms. The predicted molar refractivity (Wildman–Crippen MR) is 57.9 cm³/mol. The number of H-pyrrole nitrogens is 1. The smallest absolute Gasteiger partial charge is 0.313 e. The fourth-order valence-electron chi connectivity index (χ4n) is 1.34. The Hall–Kier alpha value is -1.29. The van der Waals surface area contributed by atoms with Crippen LogP contribution in [0.3, 0.4) is 0 Å². The van der Waals surface area contributed by atoms with Gasteiger partial charge in [-0.3, -0.25) is 4.57 Å². The van der Waals surface area contributed by atoms with Crippen molar-refractivity contribution in [1.82, 2.24) is 9.55 Å². The summed E-state index contributed by atoms with van der Waals surface area (Å²) in [5.74, 6) is 0. The number of rotatable bonds is 3. The molecule has 0 unspecified atom stereocenters. The number of hydrogen-bond donors (Lipinski definition) is 1. The maximum absolute atomic E-state index is 11.2. The zero-order chi connectivity index (χ0) is 9.97. The highest BCUT2D eigenvalue weighted by atomic mass is 32.1. The predicted octanol–water partition coefficient (Wildman–Crippen LogP) is 1.85. The van der Waals surface area contributed by atoms with Crippen molar-refractivity contribution in [3.8, 4) is 0 Å². The molecule has 4 heteroatoms. The molecule has 0 aromatic carbocycles. The van der Waals surface area contributed by atoms with Gasteiger partial charge >= 0.3 is 5.69 Å². The second kappa shape index (κ2) is 3.84. The number of aryl methyl sites for hydroxylation is 1. The normalized spacial score (nSPS) is 10.6. The van der Waals surface area contributed by atoms with Gasteiger partial charge in [0, 0.05) is 22.1 Å². The Bertz CT molecular complexity index is 466. The van der Waals surface area contributed by atoms with E-state index in [1.807, 2.05) is 0 Å². The number of nitrogens with zero attached hydrogens (tertiary/aromatic N) is 1. The van der Waals surface area contributed by atoms with Crippen LogP contribution >= 0.6 is 11.3 Å². The Morgan fingerprint density at radius 3 is 2.79 bits per heavy atom. The van der Waals surface area contributed by atoms with E-state index in [1.165, 1.54) is 9.75 Å². The van der Waals surface area contributed by atoms with E-state index in [0.717, 1.165) is 6.42 Å². The Labute approximate surface area is 86.0 Å². The quantitative estimate of drug-likeness (QED) is 0.821. The lowest BCUT2D eigenvalue weighted by atomic mass is 10.3. The number of aromatic amines is 1. The first-order valence-corrected chi connectivity index (χ1v) is 5.42. The lowest BCUT2D eigenvalue weighted by Gasteiger charge is -1.96. The largest absolute Gasteiger partial charge is 0.325 e. The fourth-order valence-corrected chi connectivity index (χ4v) is 2.30. The highest BCUT2D eigenvalue weighted by molar-refractivity contribution is 7.11. The third-order valence-corrected chi connectivity index (χ3v) is 3.33. The lowest BCUT2D eigenvalue weighted by Crippen LogP contribution is -2.15. The van der Waals surface area contributed by atoms with Crippen LogP contribution < -0.4 is 5.69 Å². The van der Waals surface area contributed by atoms with Crippen molar-refractivity contribution in [3.05, 3.63) is 44.8 Å². The van der Waals surface area contributed by atoms with E-state index >= 15 is 0 Å². The molecule has 74 valence electrons. The van der Waals surface area contributed by atoms with Gasteiger partial charge in [-0.2, -0.15) is 0 Å². The van der Waals surface area contributed by atoms with Crippen LogP contribution in [0.2, 0.25) is 0 Å². The van der Waals surface area contributed by atoms with Gasteiger partial charge in [-0.1, -0.05) is 6.92 Å². The standard InChI is InChI=1S/C10H12N2OS/c1-2-8-3-4-9(14-8)7-12-6-5-11-10(12)13/h3-6H,2,7H2,1H3,(H,11,13). The highest BCUT2D eigenvalue weighted by Crippen LogP contribution is 2.17. The van der Waals surface area contributed by atoms with Crippen LogP contribution in [0.1, 0.15) is 16.7 Å². The van der Waals surface area contributed by atoms with Gasteiger partial charge in [0.2, 0.25) is 0 Å². The third-order valence-electron chi connectivity index (χ3n) is 2.11. The molecule has 0 saturated heterocycles. The van der Waals surface area contributed by atoms with E-state index < -0.39 is 0 Å². The molecule has 0 aliphatic heterocycles. The van der Waals surface area contributed by atoms with Gasteiger partial charge in [-0.05, 0) is 18.6 Å². The van der Waals surface area contributed by atoms with E-state index in [1.54, 1.807) is 28.3 Å². The summed E-state index contributed by atoms with van der Waals surface area (Å²) >= 11 is 1.77. The minimum absolute atomic E-state index is 0.0450. The van der Waals surface area contributed by atoms with E-state index in [2.05, 4.69) is 24.0 Å². The van der Waals surface area contributed by atoms with Crippen LogP contribution in [-0.4, -0.2) is 9.55 Å². The summed E-state index contributed by atoms with van der Waals surface area (Å²) in [5, 5.41) is 0. The van der Waals surface area contributed by atoms with E-state index in [9.17, 15) is 4.79 Å². The zero-order valence-corrected chi connectivity index (χ0v) is 8.80. The van der Waals surface area contributed by atoms with Gasteiger partial charge < -0.3 is 4.98 Å². The summed E-state index contributed by atoms with van der Waals surface area (Å²) < 4.78 is 1.67. The first-order valence-electron chi connectivity index (χ1n) is 4.61. The van der Waals surface area contributed by atoms with Crippen LogP contribution in [0.25, 0.3) is 0 Å². The number of imidazole rings is 1. The molecule has 2 heterocycles. The first kappa shape index (κ1) is 9.27. The topological polar surface area (TPSA) is 37.8 Å². The van der Waals surface area contributed by atoms with Gasteiger partial charge in [0.05, 0.1) is 6.54 Å². The fraction of sp³-hybridized carbons (Fsp3) is 0.300. The number of thiophene rings is 1. The highest BCUT2D eigenvalue weighted by Gasteiger charge is 2.01. The van der Waals surface area contributed by atoms with Crippen molar-refractivity contribution in [1.29, 1.82) is 0 Å². The molecule has 2 aromatic heterocycles. The molecule has 0 fully saturated rings. The molecular formula is C10H12N2OS. The molecule has 2 aromatic rings. The number of nitrogens with one attached hydrogen (secondary N) is 1. The van der Waals surface area contributed by atoms with Crippen LogP contribution in [0, 0.1) is 0 Å². The van der Waals surface area contributed by atoms with Crippen LogP contribution in [0.5, 0.6) is 0 Å². The van der Waals surface area contributed by atoms with E-state index in [4.69, 9.17) is 0 Å². The molecule has 0 aliphatic rings. The summed E-state index contributed by atoms with van der Waals surface area (Å²) in [5.41, 5.74) is -0.0450. The van der Waals surface area contributed by atoms with E-state index in [0.29, 0.717) is 6.54 Å². The minimum Gasteiger partial charge on any atom is -0.313 e. The monoisotopic (exact) mass is 208 g/mol. The lowest BCUT2D eigenvalue weighted by molar-refractivity contribution is 0.772. The summed E-state index contributed by atoms with van der Waals surface area (Å²) in [6.07, 6.45) is 4.50. The Balaban J connectivity index is 2.19. The minimum atomic E-state index is -0.0450. The molecule has 3 nitrogen and oxygen atoms in total. The van der Waals surface area contributed by atoms with Crippen LogP contribution in [0.15, 0.2) is 29.3 Å². The SMILES string of the molecule is CCc1ccc(Cn2cc[nH]c2=O)s1. The first-order chi connectivity index (χ1) is 6.79. The molecule has 0 saturated carbocycles. The van der Waals surface area contributed by atoms with Gasteiger partial charge in [0.1, 0.15) is 0 Å². The van der Waals surface area contributed by atoms with Crippen molar-refractivity contribution < 1.29 is 0 Å². The van der Waals surface area contributed by atoms with Crippen molar-refractivity contribution in [2.75, 3.05) is 0 Å². The average molecular weight is 208 g/mol. The summed E-state index contributed by atoms with van der Waals surface area (Å²) in [6.45, 7) is 2.81. The molecule has 2 rings (SSSR count). The summed E-state index contributed by atoms with van der Waals surface area (Å²) in [7, 11) is 0. The number of aromatic nitrogens is 2. The molecule has 0 atom stereocenters. The molecule has 14 heavy (non-hydrogen) atoms. The van der Waals surface area contributed by atoms with Crippen molar-refractivity contribution in [3.63, 3.8) is 0 Å². The Morgan fingerprint density at radius 1 is 1.43 bits per heavy atom. The molecule has 0 radical (unpaired) electrons. The summed E-state index contributed by atoms with van der Waals surface area (Å²) in [4.78, 5) is 16.4. The Kier molecular flexibility index (Phi) is 2.54. The van der Waals surface area contributed by atoms with Crippen molar-refractivity contribution in [2.24, 2.45) is 0 Å². The second-order valence-corrected chi connectivity index (χ2v) is 4.37. The molecular weight excluding hydrogens is 196 g/mol. The third kappa shape index (κ3) is 1.80. The zero-order valence-electron chi connectivity index (χ0n) is 7.99. The number of hydrogen-bond acceptors (Lipinski definition) is 2. The summed E-state index contributed by atoms with van der Waals surface area (Å²) in [6, 6.07) is 4.21. The molecule has 0 aliphatic carbocycles. The second-order valence-electron chi connectivity index (χ2n) is 3.11. The van der Waals surface area contributed by atoms with Gasteiger partial charge in [-0.15, -0.1) is 11.3 Å². The van der Waals surface area contributed by atoms with Gasteiger partial charge in [0.25, 0.3) is 0 Å². The van der Waals surface area contributed by atoms with Gasteiger partial charge in [0.15, 0.2) is 0 Å². The van der Waals surface area contributed by atoms with E-state index in [-0.39, 0.29) is 5.69 Å². The maximum atomic E-state index is 11.2. The van der Waals surface area contributed by atoms with Gasteiger partial charge in [-0.25, -0.2) is 4.79 Å². The molecule has 0 bridgehead atoms. The van der Waals surface area contributed by atoms with Crippen molar-refractivity contribution >= 4 is 11.3 Å². The van der Waals surface area contributed by atoms with Crippen LogP contribution in [-0.2, 0) is 13.0 Å².